The zero-order valence-electron chi connectivity index (χ0n) is 13.8. The number of halogens is 1. The van der Waals surface area contributed by atoms with E-state index in [1.807, 2.05) is 36.4 Å². The molecule has 1 aliphatic carbocycles. The van der Waals surface area contributed by atoms with Crippen molar-refractivity contribution >= 4 is 18.4 Å². The molecule has 4 nitrogen and oxygen atoms in total. The van der Waals surface area contributed by atoms with E-state index < -0.39 is 11.6 Å². The predicted octanol–water partition coefficient (Wildman–Crippen LogP) is 2.35. The molecule has 4 rings (SSSR count). The number of aliphatic hydroxyl groups is 1. The van der Waals surface area contributed by atoms with E-state index in [4.69, 9.17) is 4.74 Å². The number of hydrogen-bond donors (Lipinski definition) is 2. The first-order valence-corrected chi connectivity index (χ1v) is 8.42. The van der Waals surface area contributed by atoms with E-state index in [2.05, 4.69) is 5.32 Å². The number of piperidine rings is 1. The number of rotatable bonds is 5. The van der Waals surface area contributed by atoms with Gasteiger partial charge in [-0.1, -0.05) is 60.7 Å². The minimum absolute atomic E-state index is 0. The lowest BCUT2D eigenvalue weighted by Crippen LogP contribution is -2.39. The second-order valence-electron chi connectivity index (χ2n) is 6.69. The van der Waals surface area contributed by atoms with Crippen LogP contribution >= 0.6 is 12.4 Å². The third-order valence-electron chi connectivity index (χ3n) is 5.35. The molecule has 2 aromatic rings. The van der Waals surface area contributed by atoms with E-state index in [-0.39, 0.29) is 12.4 Å². The molecule has 0 aromatic heterocycles. The Morgan fingerprint density at radius 3 is 1.96 bits per heavy atom. The van der Waals surface area contributed by atoms with Crippen LogP contribution in [0.25, 0.3) is 0 Å². The monoisotopic (exact) mass is 359 g/mol. The third kappa shape index (κ3) is 3.17. The zero-order valence-corrected chi connectivity index (χ0v) is 14.6. The number of fused-ring (bicyclic) bond motifs is 1. The molecule has 1 aliphatic heterocycles. The lowest BCUT2D eigenvalue weighted by atomic mass is 9.86. The first kappa shape index (κ1) is 17.9. The fourth-order valence-corrected chi connectivity index (χ4v) is 3.83. The maximum atomic E-state index is 12.8. The van der Waals surface area contributed by atoms with E-state index in [9.17, 15) is 9.90 Å². The molecule has 2 N–H and O–H groups in total. The van der Waals surface area contributed by atoms with Gasteiger partial charge in [-0.25, -0.2) is 4.79 Å². The molecule has 0 radical (unpaired) electrons. The Morgan fingerprint density at radius 2 is 1.48 bits per heavy atom. The Kier molecular flexibility index (Phi) is 5.13. The van der Waals surface area contributed by atoms with E-state index in [0.717, 1.165) is 13.1 Å². The first-order valence-electron chi connectivity index (χ1n) is 8.42. The second-order valence-corrected chi connectivity index (χ2v) is 6.69. The number of ether oxygens (including phenoxy) is 1. The van der Waals surface area contributed by atoms with Gasteiger partial charge in [-0.3, -0.25) is 0 Å². The maximum absolute atomic E-state index is 12.8. The van der Waals surface area contributed by atoms with Crippen molar-refractivity contribution in [1.82, 2.24) is 5.32 Å². The molecule has 2 aromatic carbocycles. The molecule has 0 amide bonds. The quantitative estimate of drug-likeness (QED) is 0.805. The Bertz CT molecular complexity index is 673. The first-order chi connectivity index (χ1) is 11.7. The van der Waals surface area contributed by atoms with Crippen molar-refractivity contribution in [2.24, 2.45) is 17.8 Å². The lowest BCUT2D eigenvalue weighted by molar-refractivity contribution is -0.163. The maximum Gasteiger partial charge on any atom is 0.347 e. The van der Waals surface area contributed by atoms with Gasteiger partial charge in [0.25, 0.3) is 0 Å². The van der Waals surface area contributed by atoms with Gasteiger partial charge in [-0.2, -0.15) is 0 Å². The summed E-state index contributed by atoms with van der Waals surface area (Å²) in [6, 6.07) is 18.0. The Hall–Kier alpha value is -1.88. The Labute approximate surface area is 153 Å². The lowest BCUT2D eigenvalue weighted by Gasteiger charge is -2.27. The zero-order chi connectivity index (χ0) is 16.6. The van der Waals surface area contributed by atoms with Crippen molar-refractivity contribution in [2.45, 2.75) is 5.60 Å². The minimum atomic E-state index is -1.77. The van der Waals surface area contributed by atoms with Crippen molar-refractivity contribution in [3.63, 3.8) is 0 Å². The van der Waals surface area contributed by atoms with Crippen LogP contribution in [0.2, 0.25) is 0 Å². The average molecular weight is 360 g/mol. The molecule has 2 fully saturated rings. The van der Waals surface area contributed by atoms with Crippen LogP contribution in [0, 0.1) is 17.8 Å². The highest BCUT2D eigenvalue weighted by atomic mass is 35.5. The van der Waals surface area contributed by atoms with Gasteiger partial charge >= 0.3 is 5.97 Å². The molecule has 132 valence electrons. The van der Waals surface area contributed by atoms with E-state index >= 15 is 0 Å². The predicted molar refractivity (Wildman–Crippen MR) is 97.4 cm³/mol. The van der Waals surface area contributed by atoms with Crippen LogP contribution < -0.4 is 5.32 Å². The summed E-state index contributed by atoms with van der Waals surface area (Å²) in [5.74, 6) is 1.09. The van der Waals surface area contributed by atoms with Gasteiger partial charge in [0.2, 0.25) is 5.60 Å². The van der Waals surface area contributed by atoms with Crippen LogP contribution in [0.5, 0.6) is 0 Å². The van der Waals surface area contributed by atoms with E-state index in [0.29, 0.717) is 35.5 Å². The normalized spacial score (nSPS) is 24.1. The second kappa shape index (κ2) is 7.16. The molecular formula is C20H22ClNO3. The molecule has 0 bridgehead atoms. The highest BCUT2D eigenvalue weighted by Gasteiger charge is 2.54. The van der Waals surface area contributed by atoms with E-state index in [1.54, 1.807) is 24.3 Å². The van der Waals surface area contributed by atoms with Gasteiger partial charge in [0.15, 0.2) is 0 Å². The van der Waals surface area contributed by atoms with Crippen molar-refractivity contribution in [2.75, 3.05) is 19.7 Å². The SMILES string of the molecule is Cl.O=C(OCC1[C@H]2CNC[C@@H]12)C(O)(c1ccccc1)c1ccccc1. The summed E-state index contributed by atoms with van der Waals surface area (Å²) in [5.41, 5.74) is -0.720. The van der Waals surface area contributed by atoms with Gasteiger partial charge in [0.05, 0.1) is 6.61 Å². The summed E-state index contributed by atoms with van der Waals surface area (Å²) in [6.45, 7) is 2.40. The summed E-state index contributed by atoms with van der Waals surface area (Å²) in [5, 5.41) is 14.6. The van der Waals surface area contributed by atoms with Crippen LogP contribution in [-0.2, 0) is 15.1 Å². The van der Waals surface area contributed by atoms with Crippen molar-refractivity contribution < 1.29 is 14.6 Å². The largest absolute Gasteiger partial charge is 0.463 e. The molecule has 1 saturated carbocycles. The fourth-order valence-electron chi connectivity index (χ4n) is 3.83. The van der Waals surface area contributed by atoms with Gasteiger partial charge < -0.3 is 15.2 Å². The highest BCUT2D eigenvalue weighted by molar-refractivity contribution is 5.85. The van der Waals surface area contributed by atoms with Gasteiger partial charge in [-0.05, 0) is 36.1 Å². The molecule has 3 atom stereocenters. The van der Waals surface area contributed by atoms with Crippen LogP contribution in [0.4, 0.5) is 0 Å². The smallest absolute Gasteiger partial charge is 0.347 e. The van der Waals surface area contributed by atoms with Crippen LogP contribution in [0.15, 0.2) is 60.7 Å². The van der Waals surface area contributed by atoms with Crippen molar-refractivity contribution in [3.05, 3.63) is 71.8 Å². The van der Waals surface area contributed by atoms with Crippen LogP contribution in [-0.4, -0.2) is 30.8 Å². The number of hydrogen-bond acceptors (Lipinski definition) is 4. The number of carbonyl (C=O) groups excluding carboxylic acids is 1. The van der Waals surface area contributed by atoms with Crippen molar-refractivity contribution in [1.29, 1.82) is 0 Å². The molecule has 5 heteroatoms. The fraction of sp³-hybridized carbons (Fsp3) is 0.350. The minimum Gasteiger partial charge on any atom is -0.463 e. The summed E-state index contributed by atoms with van der Waals surface area (Å²) in [7, 11) is 0. The molecule has 25 heavy (non-hydrogen) atoms. The summed E-state index contributed by atoms with van der Waals surface area (Å²) in [6.07, 6.45) is 0. The Balaban J connectivity index is 0.00000182. The molecule has 2 aliphatic rings. The Morgan fingerprint density at radius 1 is 1.00 bits per heavy atom. The topological polar surface area (TPSA) is 58.6 Å². The highest BCUT2D eigenvalue weighted by Crippen LogP contribution is 2.48. The van der Waals surface area contributed by atoms with Crippen molar-refractivity contribution in [3.8, 4) is 0 Å². The van der Waals surface area contributed by atoms with Gasteiger partial charge in [0.1, 0.15) is 0 Å². The molecule has 0 spiro atoms. The molecule has 1 unspecified atom stereocenters. The van der Waals surface area contributed by atoms with Gasteiger partial charge in [-0.15, -0.1) is 12.4 Å². The molecular weight excluding hydrogens is 338 g/mol. The summed E-state index contributed by atoms with van der Waals surface area (Å²) < 4.78 is 5.56. The summed E-state index contributed by atoms with van der Waals surface area (Å²) in [4.78, 5) is 12.8. The standard InChI is InChI=1S/C20H21NO3.ClH/c22-19(24-13-18-16-11-21-12-17(16)18)20(23,14-7-3-1-4-8-14)15-9-5-2-6-10-15;/h1-10,16-18,21,23H,11-13H2;1H/t16-,17+,18?;. The third-order valence-corrected chi connectivity index (χ3v) is 5.35. The molecule has 1 heterocycles. The number of carbonyl (C=O) groups is 1. The average Bonchev–Trinajstić information content (AvgIpc) is 3.07. The summed E-state index contributed by atoms with van der Waals surface area (Å²) >= 11 is 0. The van der Waals surface area contributed by atoms with Crippen LogP contribution in [0.1, 0.15) is 11.1 Å². The van der Waals surface area contributed by atoms with Crippen LogP contribution in [0.3, 0.4) is 0 Å². The van der Waals surface area contributed by atoms with Gasteiger partial charge in [0, 0.05) is 5.92 Å². The number of esters is 1. The number of benzene rings is 2. The molecule has 1 saturated heterocycles. The van der Waals surface area contributed by atoms with E-state index in [1.165, 1.54) is 0 Å². The number of nitrogens with one attached hydrogen (secondary N) is 1.